The second-order valence-electron chi connectivity index (χ2n) is 7.10. The summed E-state index contributed by atoms with van der Waals surface area (Å²) in [6.07, 6.45) is 4.31. The van der Waals surface area contributed by atoms with Gasteiger partial charge in [0.05, 0.1) is 0 Å². The molecule has 138 valence electrons. The molecule has 3 atom stereocenters. The summed E-state index contributed by atoms with van der Waals surface area (Å²) < 4.78 is 27.8. The number of hydrogen-bond donors (Lipinski definition) is 2. The van der Waals surface area contributed by atoms with Crippen molar-refractivity contribution in [3.63, 3.8) is 0 Å². The molecule has 2 N–H and O–H groups in total. The smallest absolute Gasteiger partial charge is 0.270 e. The van der Waals surface area contributed by atoms with Gasteiger partial charge in [0.15, 0.2) is 0 Å². The van der Waals surface area contributed by atoms with Crippen LogP contribution in [-0.2, 0) is 10.0 Å². The molecular weight excluding hydrogens is 372 g/mol. The van der Waals surface area contributed by atoms with Crippen LogP contribution in [0.5, 0.6) is 0 Å². The lowest BCUT2D eigenvalue weighted by Crippen LogP contribution is -2.38. The maximum absolute atomic E-state index is 12.6. The van der Waals surface area contributed by atoms with Crippen molar-refractivity contribution in [3.8, 4) is 0 Å². The first-order chi connectivity index (χ1) is 12.4. The Morgan fingerprint density at radius 1 is 1.15 bits per heavy atom. The van der Waals surface area contributed by atoms with E-state index in [4.69, 9.17) is 0 Å². The van der Waals surface area contributed by atoms with Crippen molar-refractivity contribution in [1.82, 2.24) is 14.9 Å². The van der Waals surface area contributed by atoms with E-state index in [1.165, 1.54) is 6.42 Å². The molecule has 2 fully saturated rings. The van der Waals surface area contributed by atoms with Gasteiger partial charge in [-0.3, -0.25) is 10.1 Å². The predicted octanol–water partition coefficient (Wildman–Crippen LogP) is 2.57. The highest BCUT2D eigenvalue weighted by atomic mass is 32.2. The maximum Gasteiger partial charge on any atom is 0.270 e. The Morgan fingerprint density at radius 2 is 1.92 bits per heavy atom. The van der Waals surface area contributed by atoms with Gasteiger partial charge >= 0.3 is 0 Å². The number of carbonyl (C=O) groups is 1. The maximum atomic E-state index is 12.6. The highest BCUT2D eigenvalue weighted by molar-refractivity contribution is 7.91. The zero-order valence-electron chi connectivity index (χ0n) is 14.3. The second kappa shape index (κ2) is 6.71. The van der Waals surface area contributed by atoms with Crippen LogP contribution in [0.4, 0.5) is 5.13 Å². The molecule has 26 heavy (non-hydrogen) atoms. The number of rotatable bonds is 5. The van der Waals surface area contributed by atoms with E-state index in [1.54, 1.807) is 12.1 Å². The van der Waals surface area contributed by atoms with E-state index < -0.39 is 10.0 Å². The van der Waals surface area contributed by atoms with Crippen LogP contribution in [0.3, 0.4) is 0 Å². The molecule has 0 unspecified atom stereocenters. The Balaban J connectivity index is 1.43. The summed E-state index contributed by atoms with van der Waals surface area (Å²) in [5, 5.41) is 10.3. The standard InChI is InChI=1S/C17H20N4O3S2/c1-10-2-5-12(6-3-10)15(22)18-16-19-20-17(25-16)26(23,24)21-14-9-11-4-7-13(14)8-11/h2-3,5-6,11,13-14,21H,4,7-9H2,1H3,(H,18,19,22)/t11-,13+,14-/m0/s1. The number of aryl methyl sites for hydroxylation is 1. The van der Waals surface area contributed by atoms with E-state index in [1.807, 2.05) is 19.1 Å². The van der Waals surface area contributed by atoms with Gasteiger partial charge in [0.2, 0.25) is 9.47 Å². The quantitative estimate of drug-likeness (QED) is 0.762. The number of nitrogens with one attached hydrogen (secondary N) is 2. The fraction of sp³-hybridized carbons (Fsp3) is 0.471. The van der Waals surface area contributed by atoms with E-state index >= 15 is 0 Å². The molecule has 1 aromatic heterocycles. The van der Waals surface area contributed by atoms with Crippen LogP contribution < -0.4 is 10.0 Å². The molecule has 1 aromatic carbocycles. The fourth-order valence-electron chi connectivity index (χ4n) is 3.88. The summed E-state index contributed by atoms with van der Waals surface area (Å²) in [5.41, 5.74) is 1.54. The van der Waals surface area contributed by atoms with Gasteiger partial charge in [-0.1, -0.05) is 35.5 Å². The lowest BCUT2D eigenvalue weighted by Gasteiger charge is -2.21. The highest BCUT2D eigenvalue weighted by Gasteiger charge is 2.41. The SMILES string of the molecule is Cc1ccc(C(=O)Nc2nnc(S(=O)(=O)N[C@H]3C[C@H]4CC[C@@H]3C4)s2)cc1. The molecule has 0 saturated heterocycles. The molecule has 2 bridgehead atoms. The van der Waals surface area contributed by atoms with Gasteiger partial charge in [0.1, 0.15) is 0 Å². The van der Waals surface area contributed by atoms with Gasteiger partial charge < -0.3 is 0 Å². The van der Waals surface area contributed by atoms with Crippen LogP contribution in [0.25, 0.3) is 0 Å². The number of aromatic nitrogens is 2. The molecule has 9 heteroatoms. The summed E-state index contributed by atoms with van der Waals surface area (Å²) in [7, 11) is -3.71. The van der Waals surface area contributed by atoms with Gasteiger partial charge in [0, 0.05) is 11.6 Å². The average Bonchev–Trinajstić information content (AvgIpc) is 3.32. The summed E-state index contributed by atoms with van der Waals surface area (Å²) in [4.78, 5) is 12.2. The number of nitrogens with zero attached hydrogens (tertiary/aromatic N) is 2. The molecule has 2 saturated carbocycles. The van der Waals surface area contributed by atoms with Crippen molar-refractivity contribution in [3.05, 3.63) is 35.4 Å². The van der Waals surface area contributed by atoms with Gasteiger partial charge in [-0.2, -0.15) is 0 Å². The van der Waals surface area contributed by atoms with Crippen molar-refractivity contribution in [2.75, 3.05) is 5.32 Å². The van der Waals surface area contributed by atoms with Gasteiger partial charge in [-0.15, -0.1) is 10.2 Å². The summed E-state index contributed by atoms with van der Waals surface area (Å²) >= 11 is 0.865. The van der Waals surface area contributed by atoms with Crippen molar-refractivity contribution in [2.45, 2.75) is 43.0 Å². The van der Waals surface area contributed by atoms with Crippen LogP contribution in [0.1, 0.15) is 41.6 Å². The van der Waals surface area contributed by atoms with Crippen LogP contribution in [0, 0.1) is 18.8 Å². The molecule has 2 aliphatic rings. The Bertz CT molecular complexity index is 924. The third-order valence-corrected chi connectivity index (χ3v) is 7.91. The first kappa shape index (κ1) is 17.6. The summed E-state index contributed by atoms with van der Waals surface area (Å²) in [6.45, 7) is 1.94. The van der Waals surface area contributed by atoms with Crippen molar-refractivity contribution >= 4 is 32.4 Å². The lowest BCUT2D eigenvalue weighted by atomic mass is 9.96. The van der Waals surface area contributed by atoms with Crippen LogP contribution in [0.15, 0.2) is 28.6 Å². The molecule has 1 heterocycles. The number of carbonyl (C=O) groups excluding carboxylic acids is 1. The molecule has 0 spiro atoms. The number of sulfonamides is 1. The van der Waals surface area contributed by atoms with Crippen LogP contribution in [-0.4, -0.2) is 30.6 Å². The van der Waals surface area contributed by atoms with E-state index in [9.17, 15) is 13.2 Å². The number of amides is 1. The Kier molecular flexibility index (Phi) is 4.54. The van der Waals surface area contributed by atoms with Crippen LogP contribution in [0.2, 0.25) is 0 Å². The third kappa shape index (κ3) is 3.51. The molecule has 2 aliphatic carbocycles. The van der Waals surface area contributed by atoms with Crippen molar-refractivity contribution in [2.24, 2.45) is 11.8 Å². The minimum absolute atomic E-state index is 0.00625. The number of hydrogen-bond acceptors (Lipinski definition) is 6. The Hall–Kier alpha value is -1.84. The van der Waals surface area contributed by atoms with Gasteiger partial charge in [-0.05, 0) is 50.2 Å². The van der Waals surface area contributed by atoms with E-state index in [2.05, 4.69) is 20.2 Å². The van der Waals surface area contributed by atoms with Gasteiger partial charge in [-0.25, -0.2) is 13.1 Å². The number of anilines is 1. The van der Waals surface area contributed by atoms with Crippen LogP contribution >= 0.6 is 11.3 Å². The largest absolute Gasteiger partial charge is 0.296 e. The normalized spacial score (nSPS) is 24.7. The molecule has 0 aliphatic heterocycles. The molecule has 1 amide bonds. The Labute approximate surface area is 156 Å². The van der Waals surface area contributed by atoms with Crippen molar-refractivity contribution in [1.29, 1.82) is 0 Å². The topological polar surface area (TPSA) is 101 Å². The number of fused-ring (bicyclic) bond motifs is 2. The predicted molar refractivity (Wildman–Crippen MR) is 98.6 cm³/mol. The Morgan fingerprint density at radius 3 is 2.58 bits per heavy atom. The summed E-state index contributed by atoms with van der Waals surface area (Å²) in [5.74, 6) is 0.737. The molecular formula is C17H20N4O3S2. The highest BCUT2D eigenvalue weighted by Crippen LogP contribution is 2.44. The monoisotopic (exact) mass is 392 g/mol. The molecule has 7 nitrogen and oxygen atoms in total. The van der Waals surface area contributed by atoms with E-state index in [-0.39, 0.29) is 21.4 Å². The molecule has 2 aromatic rings. The van der Waals surface area contributed by atoms with Crippen molar-refractivity contribution < 1.29 is 13.2 Å². The molecule has 0 radical (unpaired) electrons. The zero-order chi connectivity index (χ0) is 18.3. The summed E-state index contributed by atoms with van der Waals surface area (Å²) in [6, 6.07) is 7.09. The average molecular weight is 393 g/mol. The van der Waals surface area contributed by atoms with Gasteiger partial charge in [0.25, 0.3) is 15.9 Å². The fourth-order valence-corrected chi connectivity index (χ4v) is 6.11. The first-order valence-electron chi connectivity index (χ1n) is 8.64. The minimum atomic E-state index is -3.71. The van der Waals surface area contributed by atoms with E-state index in [0.29, 0.717) is 17.4 Å². The first-order valence-corrected chi connectivity index (χ1v) is 10.9. The number of benzene rings is 1. The minimum Gasteiger partial charge on any atom is -0.296 e. The molecule has 4 rings (SSSR count). The third-order valence-electron chi connectivity index (χ3n) is 5.22. The lowest BCUT2D eigenvalue weighted by molar-refractivity contribution is 0.102. The zero-order valence-corrected chi connectivity index (χ0v) is 15.9. The van der Waals surface area contributed by atoms with E-state index in [0.717, 1.165) is 36.2 Å². The second-order valence-corrected chi connectivity index (χ2v) is 9.96.